The minimum absolute atomic E-state index is 0.0550. The van der Waals surface area contributed by atoms with Gasteiger partial charge in [0, 0.05) is 25.8 Å². The number of carbonyl (C=O) groups is 2. The SMILES string of the molecule is CC(Nc1nccc(N2C(=O)N(C)CC2C(C)C)n1)c1ccc(C(=O)NC2CCCC2)c(Cl)c1. The van der Waals surface area contributed by atoms with Crippen molar-refractivity contribution in [1.29, 1.82) is 0 Å². The van der Waals surface area contributed by atoms with Crippen LogP contribution in [0.25, 0.3) is 0 Å². The van der Waals surface area contributed by atoms with E-state index in [0.29, 0.717) is 34.8 Å². The van der Waals surface area contributed by atoms with E-state index in [1.807, 2.05) is 20.0 Å². The predicted octanol–water partition coefficient (Wildman–Crippen LogP) is 4.87. The molecule has 2 atom stereocenters. The topological polar surface area (TPSA) is 90.5 Å². The Kier molecular flexibility index (Phi) is 7.26. The van der Waals surface area contributed by atoms with Crippen molar-refractivity contribution in [2.24, 2.45) is 5.92 Å². The van der Waals surface area contributed by atoms with Crippen molar-refractivity contribution in [2.45, 2.75) is 64.6 Å². The monoisotopic (exact) mass is 484 g/mol. The molecule has 2 fully saturated rings. The summed E-state index contributed by atoms with van der Waals surface area (Å²) in [4.78, 5) is 37.8. The number of hydrogen-bond acceptors (Lipinski definition) is 5. The molecule has 3 amide bonds. The highest BCUT2D eigenvalue weighted by atomic mass is 35.5. The summed E-state index contributed by atoms with van der Waals surface area (Å²) in [6, 6.07) is 7.31. The smallest absolute Gasteiger partial charge is 0.325 e. The third-order valence-corrected chi connectivity index (χ3v) is 7.07. The summed E-state index contributed by atoms with van der Waals surface area (Å²) < 4.78 is 0. The van der Waals surface area contributed by atoms with Gasteiger partial charge in [0.15, 0.2) is 0 Å². The molecule has 2 aliphatic rings. The number of carbonyl (C=O) groups excluding carboxylic acids is 2. The second-order valence-corrected chi connectivity index (χ2v) is 10.1. The summed E-state index contributed by atoms with van der Waals surface area (Å²) >= 11 is 6.47. The number of aromatic nitrogens is 2. The fraction of sp³-hybridized carbons (Fsp3) is 0.520. The molecular formula is C25H33ClN6O2. The van der Waals surface area contributed by atoms with Crippen LogP contribution in [0.3, 0.4) is 0 Å². The first-order valence-corrected chi connectivity index (χ1v) is 12.4. The normalized spacial score (nSPS) is 19.7. The van der Waals surface area contributed by atoms with Crippen molar-refractivity contribution in [2.75, 3.05) is 23.8 Å². The van der Waals surface area contributed by atoms with Crippen LogP contribution in [0.2, 0.25) is 5.02 Å². The van der Waals surface area contributed by atoms with Crippen LogP contribution in [0.1, 0.15) is 68.4 Å². The second-order valence-electron chi connectivity index (χ2n) is 9.64. The Balaban J connectivity index is 1.46. The maximum atomic E-state index is 12.7. The zero-order valence-corrected chi connectivity index (χ0v) is 21.0. The van der Waals surface area contributed by atoms with E-state index in [9.17, 15) is 9.59 Å². The Morgan fingerprint density at radius 1 is 1.18 bits per heavy atom. The molecule has 0 spiro atoms. The molecule has 9 heteroatoms. The fourth-order valence-corrected chi connectivity index (χ4v) is 4.97. The first-order chi connectivity index (χ1) is 16.2. The number of amides is 3. The molecule has 2 heterocycles. The second kappa shape index (κ2) is 10.2. The lowest BCUT2D eigenvalue weighted by Gasteiger charge is -2.25. The van der Waals surface area contributed by atoms with Crippen molar-refractivity contribution in [3.63, 3.8) is 0 Å². The van der Waals surface area contributed by atoms with E-state index < -0.39 is 0 Å². The summed E-state index contributed by atoms with van der Waals surface area (Å²) in [5.41, 5.74) is 1.40. The highest BCUT2D eigenvalue weighted by Gasteiger charge is 2.38. The fourth-order valence-electron chi connectivity index (χ4n) is 4.69. The van der Waals surface area contributed by atoms with Gasteiger partial charge in [0.2, 0.25) is 5.95 Å². The number of anilines is 2. The minimum Gasteiger partial charge on any atom is -0.349 e. The van der Waals surface area contributed by atoms with Crippen molar-refractivity contribution in [1.82, 2.24) is 20.2 Å². The molecule has 1 saturated carbocycles. The van der Waals surface area contributed by atoms with Gasteiger partial charge in [-0.15, -0.1) is 0 Å². The minimum atomic E-state index is -0.155. The van der Waals surface area contributed by atoms with E-state index in [4.69, 9.17) is 11.6 Å². The van der Waals surface area contributed by atoms with Crippen LogP contribution in [0.5, 0.6) is 0 Å². The van der Waals surface area contributed by atoms with Crippen LogP contribution in [-0.4, -0.2) is 52.5 Å². The third kappa shape index (κ3) is 5.12. The maximum absolute atomic E-state index is 12.7. The van der Waals surface area contributed by atoms with Crippen LogP contribution in [-0.2, 0) is 0 Å². The number of benzene rings is 1. The number of nitrogens with one attached hydrogen (secondary N) is 2. The van der Waals surface area contributed by atoms with E-state index >= 15 is 0 Å². The van der Waals surface area contributed by atoms with Gasteiger partial charge in [-0.1, -0.05) is 44.4 Å². The lowest BCUT2D eigenvalue weighted by Crippen LogP contribution is -2.38. The van der Waals surface area contributed by atoms with Crippen LogP contribution in [0, 0.1) is 5.92 Å². The van der Waals surface area contributed by atoms with E-state index in [2.05, 4.69) is 34.4 Å². The molecule has 4 rings (SSSR count). The molecule has 182 valence electrons. The van der Waals surface area contributed by atoms with Crippen molar-refractivity contribution in [3.05, 3.63) is 46.6 Å². The maximum Gasteiger partial charge on any atom is 0.325 e. The molecule has 1 aliphatic carbocycles. The molecule has 1 saturated heterocycles. The standard InChI is InChI=1S/C25H33ClN6O2/c1-15(2)21-14-31(4)25(34)32(21)22-11-12-27-24(30-22)28-16(3)17-9-10-19(20(26)13-17)23(33)29-18-7-5-6-8-18/h9-13,15-16,18,21H,5-8,14H2,1-4H3,(H,29,33)(H,27,28,30). The van der Waals surface area contributed by atoms with Crippen LogP contribution < -0.4 is 15.5 Å². The molecule has 2 aromatic rings. The average Bonchev–Trinajstić information content (AvgIpc) is 3.41. The molecule has 0 bridgehead atoms. The molecule has 2 unspecified atom stereocenters. The molecule has 2 N–H and O–H groups in total. The van der Waals surface area contributed by atoms with Crippen LogP contribution in [0.15, 0.2) is 30.5 Å². The Labute approximate surface area is 206 Å². The van der Waals surface area contributed by atoms with Gasteiger partial charge in [0.1, 0.15) is 5.82 Å². The molecule has 1 aromatic heterocycles. The van der Waals surface area contributed by atoms with Crippen LogP contribution >= 0.6 is 11.6 Å². The Hall–Kier alpha value is -2.87. The van der Waals surface area contributed by atoms with Gasteiger partial charge in [-0.25, -0.2) is 9.78 Å². The molecule has 1 aromatic carbocycles. The van der Waals surface area contributed by atoms with Gasteiger partial charge < -0.3 is 15.5 Å². The van der Waals surface area contributed by atoms with Gasteiger partial charge in [-0.05, 0) is 49.4 Å². The predicted molar refractivity (Wildman–Crippen MR) is 134 cm³/mol. The summed E-state index contributed by atoms with van der Waals surface area (Å²) in [6.07, 6.45) is 6.02. The van der Waals surface area contributed by atoms with E-state index in [1.54, 1.807) is 34.2 Å². The third-order valence-electron chi connectivity index (χ3n) is 6.76. The summed E-state index contributed by atoms with van der Waals surface area (Å²) in [5.74, 6) is 1.18. The average molecular weight is 485 g/mol. The molecule has 34 heavy (non-hydrogen) atoms. The van der Waals surface area contributed by atoms with Crippen molar-refractivity contribution >= 4 is 35.3 Å². The number of halogens is 1. The Bertz CT molecular complexity index is 1060. The molecule has 0 radical (unpaired) electrons. The zero-order valence-electron chi connectivity index (χ0n) is 20.2. The quantitative estimate of drug-likeness (QED) is 0.585. The number of likely N-dealkylation sites (N-methyl/N-ethyl adjacent to an activating group) is 1. The highest BCUT2D eigenvalue weighted by Crippen LogP contribution is 2.28. The van der Waals surface area contributed by atoms with E-state index in [-0.39, 0.29) is 30.1 Å². The molecule has 8 nitrogen and oxygen atoms in total. The van der Waals surface area contributed by atoms with Gasteiger partial charge >= 0.3 is 6.03 Å². The lowest BCUT2D eigenvalue weighted by molar-refractivity contribution is 0.0938. The first kappa shape index (κ1) is 24.3. The van der Waals surface area contributed by atoms with Gasteiger partial charge in [0.05, 0.1) is 22.7 Å². The zero-order chi connectivity index (χ0) is 24.4. The largest absolute Gasteiger partial charge is 0.349 e. The number of urea groups is 1. The summed E-state index contributed by atoms with van der Waals surface area (Å²) in [5, 5.41) is 6.79. The van der Waals surface area contributed by atoms with Gasteiger partial charge in [0.25, 0.3) is 5.91 Å². The van der Waals surface area contributed by atoms with Gasteiger partial charge in [-0.2, -0.15) is 4.98 Å². The number of nitrogens with zero attached hydrogens (tertiary/aromatic N) is 4. The highest BCUT2D eigenvalue weighted by molar-refractivity contribution is 6.33. The van der Waals surface area contributed by atoms with Crippen molar-refractivity contribution < 1.29 is 9.59 Å². The van der Waals surface area contributed by atoms with E-state index in [1.165, 1.54) is 0 Å². The first-order valence-electron chi connectivity index (χ1n) is 12.0. The number of hydrogen-bond donors (Lipinski definition) is 2. The van der Waals surface area contributed by atoms with E-state index in [0.717, 1.165) is 31.2 Å². The molecular weight excluding hydrogens is 452 g/mol. The molecule has 1 aliphatic heterocycles. The van der Waals surface area contributed by atoms with Crippen molar-refractivity contribution in [3.8, 4) is 0 Å². The lowest BCUT2D eigenvalue weighted by atomic mass is 10.0. The number of rotatable bonds is 7. The summed E-state index contributed by atoms with van der Waals surface area (Å²) in [6.45, 7) is 6.85. The van der Waals surface area contributed by atoms with Crippen LogP contribution in [0.4, 0.5) is 16.6 Å². The summed E-state index contributed by atoms with van der Waals surface area (Å²) in [7, 11) is 1.81. The Morgan fingerprint density at radius 2 is 1.91 bits per heavy atom. The Morgan fingerprint density at radius 3 is 2.59 bits per heavy atom. The van der Waals surface area contributed by atoms with Gasteiger partial charge in [-0.3, -0.25) is 9.69 Å².